The zero-order valence-corrected chi connectivity index (χ0v) is 12.7. The molecule has 3 aromatic rings. The second-order valence-corrected chi connectivity index (χ2v) is 5.27. The number of carbonyl (C=O) groups excluding carboxylic acids is 3. The van der Waals surface area contributed by atoms with Crippen molar-refractivity contribution >= 4 is 17.8 Å². The van der Waals surface area contributed by atoms with E-state index in [1.165, 1.54) is 12.1 Å². The van der Waals surface area contributed by atoms with Crippen molar-refractivity contribution < 1.29 is 23.7 Å². The molecule has 4 rings (SSSR count). The van der Waals surface area contributed by atoms with Crippen LogP contribution >= 0.6 is 0 Å². The van der Waals surface area contributed by atoms with E-state index in [0.29, 0.717) is 10.6 Å². The molecule has 0 unspecified atom stereocenters. The summed E-state index contributed by atoms with van der Waals surface area (Å²) in [6.45, 7) is 0. The molecule has 0 fully saturated rings. The Balaban J connectivity index is 1.62. The number of aromatic nitrogens is 1. The zero-order valence-electron chi connectivity index (χ0n) is 12.7. The van der Waals surface area contributed by atoms with Crippen molar-refractivity contribution in [3.63, 3.8) is 0 Å². The summed E-state index contributed by atoms with van der Waals surface area (Å²) in [6.07, 6.45) is 1.11. The van der Waals surface area contributed by atoms with Gasteiger partial charge in [-0.05, 0) is 12.1 Å². The minimum atomic E-state index is -0.908. The average molecular weight is 334 g/mol. The van der Waals surface area contributed by atoms with Crippen LogP contribution in [0.1, 0.15) is 31.1 Å². The topological polar surface area (TPSA) is 89.7 Å². The average Bonchev–Trinajstić information content (AvgIpc) is 3.23. The Hall–Kier alpha value is -3.74. The predicted octanol–water partition coefficient (Wildman–Crippen LogP) is 2.71. The van der Waals surface area contributed by atoms with Gasteiger partial charge in [0.2, 0.25) is 0 Å². The molecule has 2 amide bonds. The first-order chi connectivity index (χ1) is 12.2. The number of hydroxylamine groups is 2. The van der Waals surface area contributed by atoms with E-state index in [9.17, 15) is 14.4 Å². The summed E-state index contributed by atoms with van der Waals surface area (Å²) in [7, 11) is 0. The van der Waals surface area contributed by atoms with Gasteiger partial charge in [0.25, 0.3) is 11.8 Å². The summed E-state index contributed by atoms with van der Waals surface area (Å²) in [6, 6.07) is 15.1. The number of hydrogen-bond donors (Lipinski definition) is 0. The normalized spacial score (nSPS) is 13.0. The van der Waals surface area contributed by atoms with E-state index in [0.717, 1.165) is 6.26 Å². The Kier molecular flexibility index (Phi) is 3.39. The van der Waals surface area contributed by atoms with Crippen LogP contribution < -0.4 is 0 Å². The van der Waals surface area contributed by atoms with Crippen LogP contribution in [-0.4, -0.2) is 28.0 Å². The van der Waals surface area contributed by atoms with Crippen molar-refractivity contribution in [1.29, 1.82) is 0 Å². The van der Waals surface area contributed by atoms with Gasteiger partial charge < -0.3 is 9.36 Å². The number of carbonyl (C=O) groups is 3. The molecule has 0 spiro atoms. The van der Waals surface area contributed by atoms with E-state index in [-0.39, 0.29) is 22.4 Å². The van der Waals surface area contributed by atoms with Crippen LogP contribution in [0.4, 0.5) is 0 Å². The van der Waals surface area contributed by atoms with Crippen molar-refractivity contribution in [1.82, 2.24) is 10.2 Å². The van der Waals surface area contributed by atoms with Gasteiger partial charge in [0.15, 0.2) is 0 Å². The van der Waals surface area contributed by atoms with Crippen LogP contribution in [0.2, 0.25) is 0 Å². The molecule has 1 aliphatic rings. The Bertz CT molecular complexity index is 958. The summed E-state index contributed by atoms with van der Waals surface area (Å²) in [5.74, 6) is -2.28. The third kappa shape index (κ3) is 2.38. The molecule has 2 heterocycles. The van der Waals surface area contributed by atoms with Gasteiger partial charge in [-0.25, -0.2) is 4.79 Å². The van der Waals surface area contributed by atoms with Crippen LogP contribution in [0.3, 0.4) is 0 Å². The first-order valence-corrected chi connectivity index (χ1v) is 7.36. The highest BCUT2D eigenvalue weighted by molar-refractivity contribution is 6.21. The monoisotopic (exact) mass is 334 g/mol. The largest absolute Gasteiger partial charge is 0.369 e. The molecule has 0 N–H and O–H groups in total. The maximum atomic E-state index is 12.4. The van der Waals surface area contributed by atoms with E-state index in [2.05, 4.69) is 5.16 Å². The summed E-state index contributed by atoms with van der Waals surface area (Å²) < 4.78 is 4.86. The third-order valence-corrected chi connectivity index (χ3v) is 3.77. The highest BCUT2D eigenvalue weighted by Gasteiger charge is 2.39. The second-order valence-electron chi connectivity index (χ2n) is 5.27. The van der Waals surface area contributed by atoms with Crippen molar-refractivity contribution in [2.24, 2.45) is 0 Å². The van der Waals surface area contributed by atoms with Crippen molar-refractivity contribution in [2.75, 3.05) is 0 Å². The van der Waals surface area contributed by atoms with E-state index in [1.54, 1.807) is 36.4 Å². The van der Waals surface area contributed by atoms with Crippen molar-refractivity contribution in [2.45, 2.75) is 0 Å². The van der Waals surface area contributed by atoms with Gasteiger partial charge in [-0.2, -0.15) is 0 Å². The molecule has 1 aliphatic heterocycles. The van der Waals surface area contributed by atoms with Crippen molar-refractivity contribution in [3.05, 3.63) is 77.6 Å². The quantitative estimate of drug-likeness (QED) is 0.684. The van der Waals surface area contributed by atoms with E-state index >= 15 is 0 Å². The lowest BCUT2D eigenvalue weighted by Crippen LogP contribution is -2.32. The molecule has 0 bridgehead atoms. The molecular weight excluding hydrogens is 324 g/mol. The molecule has 2 aromatic carbocycles. The molecule has 25 heavy (non-hydrogen) atoms. The molecule has 0 radical (unpaired) electrons. The summed E-state index contributed by atoms with van der Waals surface area (Å²) in [4.78, 5) is 42.0. The number of nitrogens with zero attached hydrogens (tertiary/aromatic N) is 2. The first-order valence-electron chi connectivity index (χ1n) is 7.36. The smallest absolute Gasteiger partial charge is 0.363 e. The highest BCUT2D eigenvalue weighted by atomic mass is 16.7. The molecule has 7 nitrogen and oxygen atoms in total. The Morgan fingerprint density at radius 3 is 2.16 bits per heavy atom. The van der Waals surface area contributed by atoms with E-state index in [4.69, 9.17) is 9.36 Å². The fourth-order valence-corrected chi connectivity index (χ4v) is 2.57. The van der Waals surface area contributed by atoms with Gasteiger partial charge in [0, 0.05) is 5.56 Å². The van der Waals surface area contributed by atoms with Crippen LogP contribution in [0, 0.1) is 0 Å². The fourth-order valence-electron chi connectivity index (χ4n) is 2.57. The number of hydrogen-bond acceptors (Lipinski definition) is 6. The van der Waals surface area contributed by atoms with Gasteiger partial charge in [0.1, 0.15) is 17.5 Å². The van der Waals surface area contributed by atoms with Crippen LogP contribution in [0.15, 0.2) is 65.4 Å². The van der Waals surface area contributed by atoms with Gasteiger partial charge in [-0.15, -0.1) is 0 Å². The summed E-state index contributed by atoms with van der Waals surface area (Å²) in [5, 5.41) is 4.25. The zero-order chi connectivity index (χ0) is 17.4. The highest BCUT2D eigenvalue weighted by Crippen LogP contribution is 2.26. The molecule has 1 aromatic heterocycles. The number of rotatable bonds is 3. The summed E-state index contributed by atoms with van der Waals surface area (Å²) >= 11 is 0. The standard InChI is InChI=1S/C18H10N2O5/c21-16-12-8-4-5-9-13(12)17(22)20(16)25-18(23)14-10-24-19-15(14)11-6-2-1-3-7-11/h1-10H. The van der Waals surface area contributed by atoms with E-state index < -0.39 is 17.8 Å². The van der Waals surface area contributed by atoms with Gasteiger partial charge in [0.05, 0.1) is 11.1 Å². The van der Waals surface area contributed by atoms with Crippen LogP contribution in [-0.2, 0) is 4.84 Å². The third-order valence-electron chi connectivity index (χ3n) is 3.77. The molecule has 0 aliphatic carbocycles. The van der Waals surface area contributed by atoms with Gasteiger partial charge >= 0.3 is 5.97 Å². The predicted molar refractivity (Wildman–Crippen MR) is 84.3 cm³/mol. The Morgan fingerprint density at radius 2 is 1.52 bits per heavy atom. The maximum absolute atomic E-state index is 12.4. The molecule has 7 heteroatoms. The lowest BCUT2D eigenvalue weighted by atomic mass is 10.1. The SMILES string of the molecule is O=C(ON1C(=O)c2ccccc2C1=O)c1conc1-c1ccccc1. The molecule has 122 valence electrons. The lowest BCUT2D eigenvalue weighted by molar-refractivity contribution is -0.0584. The maximum Gasteiger partial charge on any atom is 0.369 e. The Labute approximate surface area is 141 Å². The Morgan fingerprint density at radius 1 is 0.920 bits per heavy atom. The molecule has 0 atom stereocenters. The van der Waals surface area contributed by atoms with E-state index in [1.807, 2.05) is 6.07 Å². The molecule has 0 saturated heterocycles. The van der Waals surface area contributed by atoms with Gasteiger partial charge in [-0.1, -0.05) is 52.7 Å². The lowest BCUT2D eigenvalue weighted by Gasteiger charge is -2.12. The number of fused-ring (bicyclic) bond motifs is 1. The van der Waals surface area contributed by atoms with Crippen molar-refractivity contribution in [3.8, 4) is 11.3 Å². The minimum Gasteiger partial charge on any atom is -0.363 e. The fraction of sp³-hybridized carbons (Fsp3) is 0. The van der Waals surface area contributed by atoms with Gasteiger partial charge in [-0.3, -0.25) is 9.59 Å². The number of imide groups is 1. The number of amides is 2. The second kappa shape index (κ2) is 5.72. The molecular formula is C18H10N2O5. The molecule has 0 saturated carbocycles. The minimum absolute atomic E-state index is 0.0164. The number of benzene rings is 2. The first kappa shape index (κ1) is 14.8. The van der Waals surface area contributed by atoms with Crippen LogP contribution in [0.25, 0.3) is 11.3 Å². The summed E-state index contributed by atoms with van der Waals surface area (Å²) in [5.41, 5.74) is 1.30. The van der Waals surface area contributed by atoms with Crippen LogP contribution in [0.5, 0.6) is 0 Å².